The van der Waals surface area contributed by atoms with E-state index < -0.39 is 17.8 Å². The van der Waals surface area contributed by atoms with Crippen LogP contribution in [0.1, 0.15) is 56.9 Å². The van der Waals surface area contributed by atoms with Gasteiger partial charge in [0.2, 0.25) is 0 Å². The van der Waals surface area contributed by atoms with Crippen molar-refractivity contribution in [2.45, 2.75) is 63.6 Å². The number of amides is 1. The van der Waals surface area contributed by atoms with E-state index in [1.807, 2.05) is 0 Å². The normalized spacial score (nSPS) is 20.3. The van der Waals surface area contributed by atoms with E-state index in [1.165, 1.54) is 37.8 Å². The molecule has 2 rings (SSSR count). The van der Waals surface area contributed by atoms with Crippen LogP contribution in [0, 0.1) is 5.92 Å². The van der Waals surface area contributed by atoms with Gasteiger partial charge in [-0.3, -0.25) is 0 Å². The molecular weight excluding hydrogens is 423 g/mol. The molecule has 0 saturated heterocycles. The number of unbranched alkanes of at least 4 members (excludes halogenated alkanes) is 2. The van der Waals surface area contributed by atoms with Crippen molar-refractivity contribution in [3.05, 3.63) is 29.8 Å². The summed E-state index contributed by atoms with van der Waals surface area (Å²) in [6.45, 7) is 0. The third-order valence-corrected chi connectivity index (χ3v) is 5.85. The Morgan fingerprint density at radius 2 is 1.74 bits per heavy atom. The SMILES string of the molecule is CN(C(=O)Oc1ccc(C(F)(F)F)cc1)[C@H]1CC[C@H](CCCCCBr)CC1. The maximum atomic E-state index is 12.6. The first-order valence-electron chi connectivity index (χ1n) is 9.49. The quantitative estimate of drug-likeness (QED) is 0.344. The smallest absolute Gasteiger partial charge is 0.410 e. The summed E-state index contributed by atoms with van der Waals surface area (Å²) in [7, 11) is 1.70. The highest BCUT2D eigenvalue weighted by Crippen LogP contribution is 2.32. The highest BCUT2D eigenvalue weighted by atomic mass is 79.9. The molecule has 0 radical (unpaired) electrons. The summed E-state index contributed by atoms with van der Waals surface area (Å²) in [6.07, 6.45) is 4.17. The Labute approximate surface area is 167 Å². The van der Waals surface area contributed by atoms with Crippen LogP contribution in [0.4, 0.5) is 18.0 Å². The molecule has 0 aromatic heterocycles. The van der Waals surface area contributed by atoms with E-state index in [4.69, 9.17) is 4.74 Å². The van der Waals surface area contributed by atoms with E-state index in [2.05, 4.69) is 15.9 Å². The Bertz CT molecular complexity index is 584. The zero-order valence-corrected chi connectivity index (χ0v) is 17.2. The molecule has 3 nitrogen and oxygen atoms in total. The lowest BCUT2D eigenvalue weighted by Gasteiger charge is -2.34. The van der Waals surface area contributed by atoms with E-state index in [1.54, 1.807) is 11.9 Å². The number of ether oxygens (including phenoxy) is 1. The van der Waals surface area contributed by atoms with E-state index in [0.29, 0.717) is 0 Å². The summed E-state index contributed by atoms with van der Waals surface area (Å²) in [6, 6.07) is 4.33. The minimum atomic E-state index is -4.40. The minimum absolute atomic E-state index is 0.125. The van der Waals surface area contributed by atoms with Crippen molar-refractivity contribution in [1.82, 2.24) is 4.90 Å². The summed E-state index contributed by atoms with van der Waals surface area (Å²) in [5, 5.41) is 1.06. The average Bonchev–Trinajstić information content (AvgIpc) is 2.65. The maximum Gasteiger partial charge on any atom is 0.416 e. The van der Waals surface area contributed by atoms with Crippen LogP contribution in [0.15, 0.2) is 24.3 Å². The number of rotatable bonds is 7. The Balaban J connectivity index is 1.77. The predicted octanol–water partition coefficient (Wildman–Crippen LogP) is 6.65. The molecule has 0 unspecified atom stereocenters. The summed E-state index contributed by atoms with van der Waals surface area (Å²) >= 11 is 3.45. The summed E-state index contributed by atoms with van der Waals surface area (Å²) in [5.41, 5.74) is -0.759. The third kappa shape index (κ3) is 7.01. The van der Waals surface area contributed by atoms with Gasteiger partial charge in [0, 0.05) is 18.4 Å². The molecule has 1 aromatic rings. The molecule has 0 spiro atoms. The van der Waals surface area contributed by atoms with Gasteiger partial charge in [0.1, 0.15) is 5.75 Å². The van der Waals surface area contributed by atoms with E-state index in [-0.39, 0.29) is 11.8 Å². The number of hydrogen-bond acceptors (Lipinski definition) is 2. The van der Waals surface area contributed by atoms with E-state index in [0.717, 1.165) is 49.1 Å². The second kappa shape index (κ2) is 10.3. The molecule has 1 saturated carbocycles. The maximum absolute atomic E-state index is 12.6. The Morgan fingerprint density at radius 1 is 1.11 bits per heavy atom. The van der Waals surface area contributed by atoms with Crippen LogP contribution >= 0.6 is 15.9 Å². The Kier molecular flexibility index (Phi) is 8.45. The number of benzene rings is 1. The number of halogens is 4. The highest BCUT2D eigenvalue weighted by Gasteiger charge is 2.30. The summed E-state index contributed by atoms with van der Waals surface area (Å²) in [5.74, 6) is 0.858. The molecule has 0 N–H and O–H groups in total. The minimum Gasteiger partial charge on any atom is -0.410 e. The molecule has 27 heavy (non-hydrogen) atoms. The lowest BCUT2D eigenvalue weighted by molar-refractivity contribution is -0.137. The summed E-state index contributed by atoms with van der Waals surface area (Å²) in [4.78, 5) is 13.9. The number of alkyl halides is 4. The van der Waals surface area contributed by atoms with Crippen LogP contribution in [0.3, 0.4) is 0 Å². The second-order valence-electron chi connectivity index (χ2n) is 7.21. The van der Waals surface area contributed by atoms with Gasteiger partial charge in [-0.25, -0.2) is 4.79 Å². The molecule has 0 bridgehead atoms. The molecule has 0 heterocycles. The van der Waals surface area contributed by atoms with E-state index >= 15 is 0 Å². The zero-order valence-electron chi connectivity index (χ0n) is 15.6. The van der Waals surface area contributed by atoms with Crippen LogP contribution in [-0.4, -0.2) is 29.4 Å². The standard InChI is InChI=1S/C20H27BrF3NO2/c1-25(17-10-6-15(7-11-17)5-3-2-4-14-21)19(26)27-18-12-8-16(9-13-18)20(22,23)24/h8-9,12-13,15,17H,2-7,10-11,14H2,1H3/t15-,17-. The first-order valence-corrected chi connectivity index (χ1v) is 10.6. The topological polar surface area (TPSA) is 29.5 Å². The molecule has 1 aliphatic carbocycles. The molecule has 0 aliphatic heterocycles. The van der Waals surface area contributed by atoms with Gasteiger partial charge in [0.25, 0.3) is 0 Å². The van der Waals surface area contributed by atoms with Gasteiger partial charge in [-0.15, -0.1) is 0 Å². The largest absolute Gasteiger partial charge is 0.416 e. The van der Waals surface area contributed by atoms with Crippen LogP contribution < -0.4 is 4.74 Å². The third-order valence-electron chi connectivity index (χ3n) is 5.28. The van der Waals surface area contributed by atoms with Crippen molar-refractivity contribution < 1.29 is 22.7 Å². The first-order chi connectivity index (χ1) is 12.8. The van der Waals surface area contributed by atoms with Gasteiger partial charge in [0.05, 0.1) is 5.56 Å². The van der Waals surface area contributed by atoms with Crippen LogP contribution in [-0.2, 0) is 6.18 Å². The monoisotopic (exact) mass is 449 g/mol. The van der Waals surface area contributed by atoms with Crippen molar-refractivity contribution in [3.8, 4) is 5.75 Å². The number of nitrogens with zero attached hydrogens (tertiary/aromatic N) is 1. The zero-order chi connectivity index (χ0) is 19.9. The van der Waals surface area contributed by atoms with Gasteiger partial charge in [-0.1, -0.05) is 35.2 Å². The molecule has 1 fully saturated rings. The Morgan fingerprint density at radius 3 is 2.30 bits per heavy atom. The number of carbonyl (C=O) groups excluding carboxylic acids is 1. The first kappa shape index (κ1) is 22.1. The van der Waals surface area contributed by atoms with Gasteiger partial charge < -0.3 is 9.64 Å². The fraction of sp³-hybridized carbons (Fsp3) is 0.650. The van der Waals surface area contributed by atoms with E-state index in [9.17, 15) is 18.0 Å². The molecular formula is C20H27BrF3NO2. The van der Waals surface area contributed by atoms with Crippen molar-refractivity contribution in [3.63, 3.8) is 0 Å². The lowest BCUT2D eigenvalue weighted by atomic mass is 9.82. The molecule has 1 amide bonds. The van der Waals surface area contributed by atoms with Crippen molar-refractivity contribution in [2.24, 2.45) is 5.92 Å². The molecule has 7 heteroatoms. The van der Waals surface area contributed by atoms with Crippen molar-refractivity contribution in [1.29, 1.82) is 0 Å². The molecule has 1 aliphatic rings. The van der Waals surface area contributed by atoms with Gasteiger partial charge in [0.15, 0.2) is 0 Å². The van der Waals surface area contributed by atoms with Crippen molar-refractivity contribution in [2.75, 3.05) is 12.4 Å². The van der Waals surface area contributed by atoms with Crippen LogP contribution in [0.5, 0.6) is 5.75 Å². The predicted molar refractivity (Wildman–Crippen MR) is 103 cm³/mol. The number of carbonyl (C=O) groups is 1. The van der Waals surface area contributed by atoms with Gasteiger partial charge in [-0.05, 0) is 62.3 Å². The van der Waals surface area contributed by atoms with Crippen LogP contribution in [0.25, 0.3) is 0 Å². The Hall–Kier alpha value is -1.24. The highest BCUT2D eigenvalue weighted by molar-refractivity contribution is 9.09. The molecule has 0 atom stereocenters. The second-order valence-corrected chi connectivity index (χ2v) is 8.01. The van der Waals surface area contributed by atoms with Gasteiger partial charge in [-0.2, -0.15) is 13.2 Å². The lowest BCUT2D eigenvalue weighted by Crippen LogP contribution is -2.41. The fourth-order valence-corrected chi connectivity index (χ4v) is 3.96. The fourth-order valence-electron chi connectivity index (χ4n) is 3.56. The summed E-state index contributed by atoms with van der Waals surface area (Å²) < 4.78 is 43.0. The average molecular weight is 450 g/mol. The van der Waals surface area contributed by atoms with Crippen LogP contribution in [0.2, 0.25) is 0 Å². The molecule has 152 valence electrons. The van der Waals surface area contributed by atoms with Gasteiger partial charge >= 0.3 is 12.3 Å². The van der Waals surface area contributed by atoms with Crippen molar-refractivity contribution >= 4 is 22.0 Å². The number of hydrogen-bond donors (Lipinski definition) is 0. The molecule has 1 aromatic carbocycles.